The van der Waals surface area contributed by atoms with Crippen LogP contribution in [0.4, 0.5) is 10.5 Å². The van der Waals surface area contributed by atoms with Gasteiger partial charge in [0.1, 0.15) is 17.7 Å². The number of carbonyl (C=O) groups excluding carboxylic acids is 4. The number of nitrogens with two attached hydrogens (primary N) is 1. The second-order valence-electron chi connectivity index (χ2n) is 10.00. The van der Waals surface area contributed by atoms with Crippen molar-refractivity contribution in [2.75, 3.05) is 11.9 Å². The first-order valence-corrected chi connectivity index (χ1v) is 10.8. The van der Waals surface area contributed by atoms with Crippen LogP contribution in [-0.4, -0.2) is 52.9 Å². The number of para-hydroxylation sites is 1. The first-order valence-electron chi connectivity index (χ1n) is 10.8. The van der Waals surface area contributed by atoms with Crippen LogP contribution in [0.25, 0.3) is 0 Å². The van der Waals surface area contributed by atoms with E-state index in [0.29, 0.717) is 12.1 Å². The van der Waals surface area contributed by atoms with Crippen LogP contribution in [0.15, 0.2) is 24.3 Å². The molecule has 0 radical (unpaired) electrons. The lowest BCUT2D eigenvalue weighted by Gasteiger charge is -2.30. The molecular weight excluding hydrogens is 412 g/mol. The second-order valence-corrected chi connectivity index (χ2v) is 10.00. The molecule has 1 aromatic rings. The van der Waals surface area contributed by atoms with E-state index in [9.17, 15) is 19.2 Å². The molecule has 0 bridgehead atoms. The molecule has 0 unspecified atom stereocenters. The summed E-state index contributed by atoms with van der Waals surface area (Å²) in [6.07, 6.45) is -0.280. The Kier molecular flexibility index (Phi) is 6.22. The lowest BCUT2D eigenvalue weighted by Crippen LogP contribution is -2.54. The van der Waals surface area contributed by atoms with Crippen LogP contribution in [0.5, 0.6) is 0 Å². The van der Waals surface area contributed by atoms with Crippen molar-refractivity contribution >= 4 is 29.5 Å². The highest BCUT2D eigenvalue weighted by Gasteiger charge is 2.57. The molecule has 3 rings (SSSR count). The summed E-state index contributed by atoms with van der Waals surface area (Å²) in [6.45, 7) is 9.05. The molecule has 1 saturated heterocycles. The molecule has 32 heavy (non-hydrogen) atoms. The summed E-state index contributed by atoms with van der Waals surface area (Å²) in [5.41, 5.74) is 5.28. The number of ether oxygens (including phenoxy) is 1. The smallest absolute Gasteiger partial charge is 0.408 e. The minimum absolute atomic E-state index is 0.00683. The topological polar surface area (TPSA) is 131 Å². The summed E-state index contributed by atoms with van der Waals surface area (Å²) in [5.74, 6) is -1.32. The Morgan fingerprint density at radius 2 is 1.94 bits per heavy atom. The van der Waals surface area contributed by atoms with Gasteiger partial charge in [-0.05, 0) is 51.2 Å². The molecule has 4 N–H and O–H groups in total. The molecule has 0 saturated carbocycles. The molecule has 1 fully saturated rings. The third-order valence-electron chi connectivity index (χ3n) is 5.79. The maximum Gasteiger partial charge on any atom is 0.408 e. The monoisotopic (exact) mass is 444 g/mol. The predicted molar refractivity (Wildman–Crippen MR) is 119 cm³/mol. The summed E-state index contributed by atoms with van der Waals surface area (Å²) in [7, 11) is 0. The zero-order valence-electron chi connectivity index (χ0n) is 19.2. The summed E-state index contributed by atoms with van der Waals surface area (Å²) in [4.78, 5) is 52.6. The van der Waals surface area contributed by atoms with Crippen LogP contribution in [0, 0.1) is 5.92 Å². The Morgan fingerprint density at radius 3 is 2.53 bits per heavy atom. The van der Waals surface area contributed by atoms with Gasteiger partial charge in [0.15, 0.2) is 0 Å². The summed E-state index contributed by atoms with van der Waals surface area (Å²) >= 11 is 0. The lowest BCUT2D eigenvalue weighted by atomic mass is 9.79. The van der Waals surface area contributed by atoms with Gasteiger partial charge in [-0.2, -0.15) is 0 Å². The third kappa shape index (κ3) is 4.56. The zero-order chi connectivity index (χ0) is 23.8. The van der Waals surface area contributed by atoms with Crippen molar-refractivity contribution < 1.29 is 23.9 Å². The molecule has 1 aromatic carbocycles. The summed E-state index contributed by atoms with van der Waals surface area (Å²) < 4.78 is 5.32. The highest BCUT2D eigenvalue weighted by molar-refractivity contribution is 6.08. The van der Waals surface area contributed by atoms with E-state index in [-0.39, 0.29) is 24.8 Å². The van der Waals surface area contributed by atoms with E-state index in [4.69, 9.17) is 10.5 Å². The number of carbonyl (C=O) groups is 4. The first-order chi connectivity index (χ1) is 14.8. The number of amides is 4. The molecule has 4 amide bonds. The van der Waals surface area contributed by atoms with E-state index in [1.54, 1.807) is 26.8 Å². The number of hydrogen-bond donors (Lipinski definition) is 3. The standard InChI is InChI=1S/C23H32N4O5/c1-13(2)10-16(26-21(31)32-22(3,4)5)19(29)27-12-23(11-17(27)18(24)28)14-8-6-7-9-15(14)25-20(23)30/h6-9,13,16-17H,10-12H2,1-5H3,(H2,24,28)(H,25,30)(H,26,31)/t16-,17-,23-/m0/s1. The van der Waals surface area contributed by atoms with Crippen LogP contribution >= 0.6 is 0 Å². The average molecular weight is 445 g/mol. The Labute approximate surface area is 188 Å². The van der Waals surface area contributed by atoms with Crippen LogP contribution in [0.3, 0.4) is 0 Å². The van der Waals surface area contributed by atoms with E-state index in [0.717, 1.165) is 5.56 Å². The van der Waals surface area contributed by atoms with E-state index < -0.39 is 41.0 Å². The number of rotatable bonds is 5. The van der Waals surface area contributed by atoms with Crippen LogP contribution in [0.1, 0.15) is 53.0 Å². The number of anilines is 1. The number of nitrogens with zero attached hydrogens (tertiary/aromatic N) is 1. The highest BCUT2D eigenvalue weighted by Crippen LogP contribution is 2.46. The maximum absolute atomic E-state index is 13.6. The number of hydrogen-bond acceptors (Lipinski definition) is 5. The second kappa shape index (κ2) is 8.44. The fourth-order valence-electron chi connectivity index (χ4n) is 4.47. The third-order valence-corrected chi connectivity index (χ3v) is 5.79. The molecule has 3 atom stereocenters. The van der Waals surface area contributed by atoms with Gasteiger partial charge in [0.25, 0.3) is 0 Å². The van der Waals surface area contributed by atoms with E-state index in [2.05, 4.69) is 10.6 Å². The number of primary amides is 1. The van der Waals surface area contributed by atoms with E-state index >= 15 is 0 Å². The van der Waals surface area contributed by atoms with Crippen LogP contribution in [0.2, 0.25) is 0 Å². The van der Waals surface area contributed by atoms with Gasteiger partial charge in [0, 0.05) is 12.2 Å². The van der Waals surface area contributed by atoms with Gasteiger partial charge < -0.3 is 26.0 Å². The Hall–Kier alpha value is -3.10. The van der Waals surface area contributed by atoms with Crippen molar-refractivity contribution in [3.8, 4) is 0 Å². The molecule has 2 heterocycles. The molecule has 0 aliphatic carbocycles. The SMILES string of the molecule is CC(C)C[C@H](NC(=O)OC(C)(C)C)C(=O)N1C[C@]2(C[C@H]1C(N)=O)C(=O)Nc1ccccc12. The van der Waals surface area contributed by atoms with Gasteiger partial charge in [-0.3, -0.25) is 14.4 Å². The lowest BCUT2D eigenvalue weighted by molar-refractivity contribution is -0.139. The fraction of sp³-hybridized carbons (Fsp3) is 0.565. The number of fused-ring (bicyclic) bond motifs is 2. The number of benzene rings is 1. The van der Waals surface area contributed by atoms with Crippen molar-refractivity contribution in [2.24, 2.45) is 11.7 Å². The number of nitrogens with one attached hydrogen (secondary N) is 2. The minimum Gasteiger partial charge on any atom is -0.444 e. The number of likely N-dealkylation sites (tertiary alicyclic amines) is 1. The van der Waals surface area contributed by atoms with Crippen molar-refractivity contribution in [2.45, 2.75) is 70.6 Å². The molecule has 2 aliphatic rings. The van der Waals surface area contributed by atoms with Gasteiger partial charge in [0.2, 0.25) is 17.7 Å². The highest BCUT2D eigenvalue weighted by atomic mass is 16.6. The predicted octanol–water partition coefficient (Wildman–Crippen LogP) is 1.90. The van der Waals surface area contributed by atoms with Crippen molar-refractivity contribution in [3.05, 3.63) is 29.8 Å². The molecule has 1 spiro atoms. The normalized spacial score (nSPS) is 23.1. The molecule has 0 aromatic heterocycles. The van der Waals surface area contributed by atoms with Crippen LogP contribution in [-0.2, 0) is 24.5 Å². The molecule has 9 heteroatoms. The summed E-state index contributed by atoms with van der Waals surface area (Å²) in [5, 5.41) is 5.50. The van der Waals surface area contributed by atoms with Crippen LogP contribution < -0.4 is 16.4 Å². The number of alkyl carbamates (subject to hydrolysis) is 1. The van der Waals surface area contributed by atoms with Gasteiger partial charge in [-0.25, -0.2) is 4.79 Å². The van der Waals surface area contributed by atoms with Crippen molar-refractivity contribution in [1.82, 2.24) is 10.2 Å². The molecular formula is C23H32N4O5. The van der Waals surface area contributed by atoms with Gasteiger partial charge in [-0.15, -0.1) is 0 Å². The van der Waals surface area contributed by atoms with Crippen molar-refractivity contribution in [1.29, 1.82) is 0 Å². The Morgan fingerprint density at radius 1 is 1.28 bits per heavy atom. The molecule has 174 valence electrons. The quantitative estimate of drug-likeness (QED) is 0.638. The van der Waals surface area contributed by atoms with Gasteiger partial charge in [0.05, 0.1) is 5.41 Å². The minimum atomic E-state index is -1.06. The molecule has 9 nitrogen and oxygen atoms in total. The largest absolute Gasteiger partial charge is 0.444 e. The van der Waals surface area contributed by atoms with Crippen molar-refractivity contribution in [3.63, 3.8) is 0 Å². The maximum atomic E-state index is 13.6. The molecule has 2 aliphatic heterocycles. The average Bonchev–Trinajstić information content (AvgIpc) is 3.19. The Balaban J connectivity index is 1.91. The first kappa shape index (κ1) is 23.6. The van der Waals surface area contributed by atoms with Gasteiger partial charge >= 0.3 is 6.09 Å². The van der Waals surface area contributed by atoms with Gasteiger partial charge in [-0.1, -0.05) is 32.0 Å². The Bertz CT molecular complexity index is 939. The zero-order valence-corrected chi connectivity index (χ0v) is 19.2. The van der Waals surface area contributed by atoms with E-state index in [1.165, 1.54) is 4.90 Å². The fourth-order valence-corrected chi connectivity index (χ4v) is 4.47. The summed E-state index contributed by atoms with van der Waals surface area (Å²) in [6, 6.07) is 5.36. The van der Waals surface area contributed by atoms with E-state index in [1.807, 2.05) is 32.0 Å².